The molecule has 21 heavy (non-hydrogen) atoms. The fourth-order valence-corrected chi connectivity index (χ4v) is 2.22. The number of nitrogens with zero attached hydrogens (tertiary/aromatic N) is 1. The second-order valence-corrected chi connectivity index (χ2v) is 5.11. The minimum absolute atomic E-state index is 0.225. The van der Waals surface area contributed by atoms with Gasteiger partial charge in [-0.2, -0.15) is 4.99 Å². The fraction of sp³-hybridized carbons (Fsp3) is 0.125. The molecule has 0 unspecified atom stereocenters. The first-order chi connectivity index (χ1) is 10.1. The topological polar surface area (TPSA) is 81.5 Å². The molecule has 0 bridgehead atoms. The highest BCUT2D eigenvalue weighted by molar-refractivity contribution is 6.30. The third-order valence-electron chi connectivity index (χ3n) is 3.09. The molecule has 0 radical (unpaired) electrons. The number of amides is 1. The lowest BCUT2D eigenvalue weighted by Crippen LogP contribution is -2.26. The van der Waals surface area contributed by atoms with Crippen LogP contribution in [0.15, 0.2) is 59.6 Å². The zero-order valence-corrected chi connectivity index (χ0v) is 12.1. The molecule has 2 aromatic carbocycles. The second-order valence-electron chi connectivity index (χ2n) is 4.67. The smallest absolute Gasteiger partial charge is 0.256 e. The molecule has 0 spiro atoms. The van der Waals surface area contributed by atoms with E-state index in [4.69, 9.17) is 23.1 Å². The zero-order chi connectivity index (χ0) is 15.2. The van der Waals surface area contributed by atoms with Crippen LogP contribution in [-0.2, 0) is 11.2 Å². The standard InChI is InChI=1S/C16H16ClN3O/c17-13-8-6-11(7-9-13)10-14(15(21)20-16(18)19)12-4-2-1-3-5-12/h1-9,14H,10H2,(H4,18,19,20,21)/t14-/m0/s1. The average molecular weight is 302 g/mol. The predicted molar refractivity (Wildman–Crippen MR) is 85.2 cm³/mol. The lowest BCUT2D eigenvalue weighted by molar-refractivity contribution is -0.119. The van der Waals surface area contributed by atoms with Gasteiger partial charge in [-0.15, -0.1) is 0 Å². The van der Waals surface area contributed by atoms with Crippen molar-refractivity contribution in [3.8, 4) is 0 Å². The van der Waals surface area contributed by atoms with E-state index in [1.165, 1.54) is 0 Å². The van der Waals surface area contributed by atoms with Crippen LogP contribution in [0.4, 0.5) is 0 Å². The van der Waals surface area contributed by atoms with Crippen molar-refractivity contribution >= 4 is 23.5 Å². The van der Waals surface area contributed by atoms with Gasteiger partial charge in [-0.05, 0) is 29.7 Å². The van der Waals surface area contributed by atoms with Gasteiger partial charge in [0.25, 0.3) is 5.91 Å². The summed E-state index contributed by atoms with van der Waals surface area (Å²) in [7, 11) is 0. The van der Waals surface area contributed by atoms with Crippen molar-refractivity contribution < 1.29 is 4.79 Å². The molecule has 4 N–H and O–H groups in total. The van der Waals surface area contributed by atoms with Gasteiger partial charge in [0.2, 0.25) is 0 Å². The summed E-state index contributed by atoms with van der Waals surface area (Å²) in [5, 5.41) is 0.658. The molecule has 1 amide bonds. The number of nitrogens with two attached hydrogens (primary N) is 2. The number of aliphatic imine (C=N–C) groups is 1. The van der Waals surface area contributed by atoms with E-state index in [0.29, 0.717) is 11.4 Å². The Bertz CT molecular complexity index is 634. The second kappa shape index (κ2) is 6.90. The molecular weight excluding hydrogens is 286 g/mol. The molecule has 0 aliphatic carbocycles. The first-order valence-corrected chi connectivity index (χ1v) is 6.87. The van der Waals surface area contributed by atoms with Gasteiger partial charge in [-0.1, -0.05) is 54.1 Å². The van der Waals surface area contributed by atoms with Gasteiger partial charge in [0, 0.05) is 5.02 Å². The van der Waals surface area contributed by atoms with Crippen molar-refractivity contribution in [3.63, 3.8) is 0 Å². The summed E-state index contributed by atoms with van der Waals surface area (Å²) < 4.78 is 0. The molecular formula is C16H16ClN3O. The fourth-order valence-electron chi connectivity index (χ4n) is 2.09. The van der Waals surface area contributed by atoms with Crippen LogP contribution in [-0.4, -0.2) is 11.9 Å². The largest absolute Gasteiger partial charge is 0.370 e. The van der Waals surface area contributed by atoms with E-state index in [2.05, 4.69) is 4.99 Å². The third kappa shape index (κ3) is 4.33. The molecule has 0 aliphatic heterocycles. The Balaban J connectivity index is 2.30. The third-order valence-corrected chi connectivity index (χ3v) is 3.34. The normalized spacial score (nSPS) is 11.7. The molecule has 5 heteroatoms. The van der Waals surface area contributed by atoms with Gasteiger partial charge in [0.15, 0.2) is 5.96 Å². The number of guanidine groups is 1. The molecule has 108 valence electrons. The van der Waals surface area contributed by atoms with E-state index in [1.54, 1.807) is 12.1 Å². The molecule has 0 aliphatic rings. The first-order valence-electron chi connectivity index (χ1n) is 6.49. The van der Waals surface area contributed by atoms with E-state index in [0.717, 1.165) is 11.1 Å². The van der Waals surface area contributed by atoms with Gasteiger partial charge in [0.1, 0.15) is 0 Å². The summed E-state index contributed by atoms with van der Waals surface area (Å²) in [5.74, 6) is -0.998. The van der Waals surface area contributed by atoms with Crippen molar-refractivity contribution in [3.05, 3.63) is 70.7 Å². The highest BCUT2D eigenvalue weighted by Gasteiger charge is 2.20. The number of carbonyl (C=O) groups excluding carboxylic acids is 1. The first kappa shape index (κ1) is 15.1. The van der Waals surface area contributed by atoms with Crippen LogP contribution in [0, 0.1) is 0 Å². The highest BCUT2D eigenvalue weighted by atomic mass is 35.5. The maximum absolute atomic E-state index is 12.3. The van der Waals surface area contributed by atoms with Crippen molar-refractivity contribution in [2.45, 2.75) is 12.3 Å². The summed E-state index contributed by atoms with van der Waals surface area (Å²) in [6.07, 6.45) is 0.511. The van der Waals surface area contributed by atoms with E-state index < -0.39 is 5.92 Å². The lowest BCUT2D eigenvalue weighted by Gasteiger charge is -2.14. The monoisotopic (exact) mass is 301 g/mol. The SMILES string of the molecule is NC(N)=NC(=O)[C@@H](Cc1ccc(Cl)cc1)c1ccccc1. The molecule has 0 aromatic heterocycles. The Kier molecular flexibility index (Phi) is 4.95. The molecule has 0 saturated heterocycles. The summed E-state index contributed by atoms with van der Waals surface area (Å²) in [5.41, 5.74) is 12.5. The van der Waals surface area contributed by atoms with E-state index in [9.17, 15) is 4.79 Å². The van der Waals surface area contributed by atoms with Crippen LogP contribution in [0.3, 0.4) is 0 Å². The number of halogens is 1. The highest BCUT2D eigenvalue weighted by Crippen LogP contribution is 2.23. The van der Waals surface area contributed by atoms with Crippen molar-refractivity contribution in [2.24, 2.45) is 16.5 Å². The average Bonchev–Trinajstić information content (AvgIpc) is 2.46. The van der Waals surface area contributed by atoms with Crippen molar-refractivity contribution in [2.75, 3.05) is 0 Å². The van der Waals surface area contributed by atoms with Crippen LogP contribution in [0.5, 0.6) is 0 Å². The zero-order valence-electron chi connectivity index (χ0n) is 11.4. The number of hydrogen-bond acceptors (Lipinski definition) is 1. The summed E-state index contributed by atoms with van der Waals surface area (Å²) in [6, 6.07) is 16.8. The van der Waals surface area contributed by atoms with E-state index in [-0.39, 0.29) is 11.9 Å². The van der Waals surface area contributed by atoms with Gasteiger partial charge in [0.05, 0.1) is 5.92 Å². The molecule has 2 rings (SSSR count). The number of hydrogen-bond donors (Lipinski definition) is 2. The van der Waals surface area contributed by atoms with E-state index in [1.807, 2.05) is 42.5 Å². The quantitative estimate of drug-likeness (QED) is 0.672. The molecule has 0 saturated carbocycles. The summed E-state index contributed by atoms with van der Waals surface area (Å²) in [6.45, 7) is 0. The van der Waals surface area contributed by atoms with Crippen molar-refractivity contribution in [1.29, 1.82) is 0 Å². The molecule has 4 nitrogen and oxygen atoms in total. The summed E-state index contributed by atoms with van der Waals surface area (Å²) in [4.78, 5) is 15.9. The van der Waals surface area contributed by atoms with Gasteiger partial charge < -0.3 is 11.5 Å². The Labute approximate surface area is 128 Å². The number of benzene rings is 2. The number of rotatable bonds is 4. The van der Waals surface area contributed by atoms with Gasteiger partial charge in [-0.25, -0.2) is 0 Å². The molecule has 1 atom stereocenters. The number of carbonyl (C=O) groups is 1. The Hall–Kier alpha value is -2.33. The molecule has 0 fully saturated rings. The molecule has 2 aromatic rings. The maximum Gasteiger partial charge on any atom is 0.256 e. The lowest BCUT2D eigenvalue weighted by atomic mass is 9.91. The maximum atomic E-state index is 12.3. The Morgan fingerprint density at radius 2 is 1.67 bits per heavy atom. The Morgan fingerprint density at radius 3 is 2.24 bits per heavy atom. The van der Waals surface area contributed by atoms with Crippen LogP contribution < -0.4 is 11.5 Å². The Morgan fingerprint density at radius 1 is 1.05 bits per heavy atom. The van der Waals surface area contributed by atoms with Crippen LogP contribution >= 0.6 is 11.6 Å². The van der Waals surface area contributed by atoms with Crippen molar-refractivity contribution in [1.82, 2.24) is 0 Å². The van der Waals surface area contributed by atoms with Crippen LogP contribution in [0.1, 0.15) is 17.0 Å². The summed E-state index contributed by atoms with van der Waals surface area (Å²) >= 11 is 5.87. The van der Waals surface area contributed by atoms with Crippen LogP contribution in [0.25, 0.3) is 0 Å². The van der Waals surface area contributed by atoms with Gasteiger partial charge >= 0.3 is 0 Å². The minimum atomic E-state index is -0.422. The van der Waals surface area contributed by atoms with Crippen LogP contribution in [0.2, 0.25) is 5.02 Å². The predicted octanol–water partition coefficient (Wildman–Crippen LogP) is 2.47. The minimum Gasteiger partial charge on any atom is -0.370 e. The molecule has 0 heterocycles. The van der Waals surface area contributed by atoms with E-state index >= 15 is 0 Å². The van der Waals surface area contributed by atoms with Gasteiger partial charge in [-0.3, -0.25) is 4.79 Å².